The Labute approximate surface area is 150 Å². The van der Waals surface area contributed by atoms with Gasteiger partial charge in [0.1, 0.15) is 5.25 Å². The van der Waals surface area contributed by atoms with Crippen molar-refractivity contribution in [3.8, 4) is 11.4 Å². The standard InChI is InChI=1S/C16H20N4O2S2/c1-18-14(12-6-4-3-5-7-12)17-20(16(18)23)11-19-8-9-24-13(10-19)15(21)22-2/h3-7,13H,8-11H2,1-2H3/t13-/m0/s1. The lowest BCUT2D eigenvalue weighted by Gasteiger charge is -2.30. The number of thioether (sulfide) groups is 1. The first-order valence-electron chi connectivity index (χ1n) is 7.71. The summed E-state index contributed by atoms with van der Waals surface area (Å²) in [6.45, 7) is 2.13. The molecule has 0 unspecified atom stereocenters. The van der Waals surface area contributed by atoms with Crippen LogP contribution in [0.5, 0.6) is 0 Å². The van der Waals surface area contributed by atoms with E-state index < -0.39 is 0 Å². The Morgan fingerprint density at radius 2 is 2.17 bits per heavy atom. The third-order valence-corrected chi connectivity index (χ3v) is 5.67. The highest BCUT2D eigenvalue weighted by Gasteiger charge is 2.27. The van der Waals surface area contributed by atoms with Crippen molar-refractivity contribution in [2.24, 2.45) is 7.05 Å². The van der Waals surface area contributed by atoms with Gasteiger partial charge in [-0.05, 0) is 12.2 Å². The first kappa shape index (κ1) is 17.2. The van der Waals surface area contributed by atoms with Crippen molar-refractivity contribution in [3.63, 3.8) is 0 Å². The topological polar surface area (TPSA) is 52.3 Å². The number of carbonyl (C=O) groups excluding carboxylic acids is 1. The number of esters is 1. The predicted octanol–water partition coefficient (Wildman–Crippen LogP) is 2.17. The highest BCUT2D eigenvalue weighted by atomic mass is 32.2. The zero-order valence-electron chi connectivity index (χ0n) is 13.7. The van der Waals surface area contributed by atoms with Gasteiger partial charge in [-0.3, -0.25) is 9.69 Å². The Hall–Kier alpha value is -1.64. The molecule has 1 aromatic carbocycles. The van der Waals surface area contributed by atoms with Crippen LogP contribution in [0.15, 0.2) is 30.3 Å². The van der Waals surface area contributed by atoms with Gasteiger partial charge in [0.15, 0.2) is 10.6 Å². The summed E-state index contributed by atoms with van der Waals surface area (Å²) < 4.78 is 9.27. The molecule has 3 rings (SSSR count). The molecule has 128 valence electrons. The van der Waals surface area contributed by atoms with E-state index in [0.29, 0.717) is 18.0 Å². The molecule has 24 heavy (non-hydrogen) atoms. The molecule has 1 saturated heterocycles. The molecule has 0 aliphatic carbocycles. The predicted molar refractivity (Wildman–Crippen MR) is 97.3 cm³/mol. The summed E-state index contributed by atoms with van der Waals surface area (Å²) in [5, 5.41) is 4.53. The Balaban J connectivity index is 1.79. The Bertz CT molecular complexity index is 772. The van der Waals surface area contributed by atoms with Crippen LogP contribution in [0, 0.1) is 4.77 Å². The number of nitrogens with zero attached hydrogens (tertiary/aromatic N) is 4. The van der Waals surface area contributed by atoms with Gasteiger partial charge in [0.05, 0.1) is 13.8 Å². The second kappa shape index (κ2) is 7.50. The SMILES string of the molecule is COC(=O)[C@@H]1CN(Cn2nc(-c3ccccc3)n(C)c2=S)CCS1. The minimum Gasteiger partial charge on any atom is -0.468 e. The maximum Gasteiger partial charge on any atom is 0.320 e. The Morgan fingerprint density at radius 3 is 2.88 bits per heavy atom. The highest BCUT2D eigenvalue weighted by molar-refractivity contribution is 8.00. The molecule has 2 aromatic rings. The van der Waals surface area contributed by atoms with Crippen LogP contribution in [-0.4, -0.2) is 56.4 Å². The van der Waals surface area contributed by atoms with Gasteiger partial charge in [-0.25, -0.2) is 4.68 Å². The summed E-state index contributed by atoms with van der Waals surface area (Å²) >= 11 is 7.17. The van der Waals surface area contributed by atoms with Crippen LogP contribution < -0.4 is 0 Å². The van der Waals surface area contributed by atoms with Crippen molar-refractivity contribution >= 4 is 29.9 Å². The molecule has 1 fully saturated rings. The van der Waals surface area contributed by atoms with E-state index in [1.165, 1.54) is 7.11 Å². The van der Waals surface area contributed by atoms with Crippen LogP contribution in [0.4, 0.5) is 0 Å². The number of ether oxygens (including phenoxy) is 1. The average Bonchev–Trinajstić information content (AvgIpc) is 2.90. The zero-order valence-corrected chi connectivity index (χ0v) is 15.3. The maximum atomic E-state index is 11.8. The van der Waals surface area contributed by atoms with E-state index in [0.717, 1.165) is 23.7 Å². The van der Waals surface area contributed by atoms with Crippen molar-refractivity contribution in [1.82, 2.24) is 19.2 Å². The summed E-state index contributed by atoms with van der Waals surface area (Å²) in [4.78, 5) is 13.9. The highest BCUT2D eigenvalue weighted by Crippen LogP contribution is 2.21. The van der Waals surface area contributed by atoms with Gasteiger partial charge >= 0.3 is 5.97 Å². The maximum absolute atomic E-state index is 11.8. The molecule has 0 N–H and O–H groups in total. The van der Waals surface area contributed by atoms with Crippen LogP contribution >= 0.6 is 24.0 Å². The number of hydrogen-bond acceptors (Lipinski definition) is 6. The summed E-state index contributed by atoms with van der Waals surface area (Å²) in [5.41, 5.74) is 1.03. The Kier molecular flexibility index (Phi) is 5.37. The van der Waals surface area contributed by atoms with Gasteiger partial charge in [-0.1, -0.05) is 30.3 Å². The molecule has 0 bridgehead atoms. The molecule has 1 atom stereocenters. The molecule has 0 saturated carbocycles. The molecule has 0 amide bonds. The summed E-state index contributed by atoms with van der Waals surface area (Å²) in [7, 11) is 3.36. The van der Waals surface area contributed by atoms with Gasteiger partial charge in [-0.15, -0.1) is 11.8 Å². The number of carbonyl (C=O) groups is 1. The van der Waals surface area contributed by atoms with E-state index in [9.17, 15) is 4.79 Å². The number of aromatic nitrogens is 3. The second-order valence-electron chi connectivity index (χ2n) is 5.63. The van der Waals surface area contributed by atoms with Crippen molar-refractivity contribution < 1.29 is 9.53 Å². The quantitative estimate of drug-likeness (QED) is 0.612. The Morgan fingerprint density at radius 1 is 1.42 bits per heavy atom. The van der Waals surface area contributed by atoms with Gasteiger partial charge in [-0.2, -0.15) is 5.10 Å². The fraction of sp³-hybridized carbons (Fsp3) is 0.438. The van der Waals surface area contributed by atoms with Crippen molar-refractivity contribution in [2.45, 2.75) is 11.9 Å². The van der Waals surface area contributed by atoms with E-state index in [1.54, 1.807) is 11.8 Å². The first-order chi connectivity index (χ1) is 11.6. The largest absolute Gasteiger partial charge is 0.468 e. The zero-order chi connectivity index (χ0) is 17.1. The molecule has 1 aromatic heterocycles. The fourth-order valence-corrected chi connectivity index (χ4v) is 4.09. The number of benzene rings is 1. The molecule has 0 radical (unpaired) electrons. The lowest BCUT2D eigenvalue weighted by atomic mass is 10.2. The minimum atomic E-state index is -0.167. The van der Waals surface area contributed by atoms with Gasteiger partial charge < -0.3 is 9.30 Å². The second-order valence-corrected chi connectivity index (χ2v) is 7.31. The van der Waals surface area contributed by atoms with E-state index >= 15 is 0 Å². The van der Waals surface area contributed by atoms with Crippen molar-refractivity contribution in [2.75, 3.05) is 26.0 Å². The van der Waals surface area contributed by atoms with Crippen molar-refractivity contribution in [1.29, 1.82) is 0 Å². The smallest absolute Gasteiger partial charge is 0.320 e. The van der Waals surface area contributed by atoms with Gasteiger partial charge in [0.2, 0.25) is 0 Å². The van der Waals surface area contributed by atoms with Crippen LogP contribution in [0.2, 0.25) is 0 Å². The third kappa shape index (κ3) is 3.55. The molecular formula is C16H20N4O2S2. The van der Waals surface area contributed by atoms with E-state index in [4.69, 9.17) is 17.0 Å². The number of rotatable bonds is 4. The molecule has 1 aliphatic rings. The molecule has 2 heterocycles. The summed E-state index contributed by atoms with van der Waals surface area (Å²) in [5.74, 6) is 1.57. The summed E-state index contributed by atoms with van der Waals surface area (Å²) in [6.07, 6.45) is 0. The fourth-order valence-electron chi connectivity index (χ4n) is 2.71. The van der Waals surface area contributed by atoms with Gasteiger partial charge in [0, 0.05) is 31.5 Å². The molecular weight excluding hydrogens is 344 g/mol. The molecule has 6 nitrogen and oxygen atoms in total. The minimum absolute atomic E-state index is 0.143. The molecule has 8 heteroatoms. The van der Waals surface area contributed by atoms with Crippen LogP contribution in [0.3, 0.4) is 0 Å². The van der Waals surface area contributed by atoms with Crippen LogP contribution in [0.25, 0.3) is 11.4 Å². The normalized spacial score (nSPS) is 18.5. The first-order valence-corrected chi connectivity index (χ1v) is 9.17. The third-order valence-electron chi connectivity index (χ3n) is 4.02. The number of hydrogen-bond donors (Lipinski definition) is 0. The molecule has 0 spiro atoms. The van der Waals surface area contributed by atoms with E-state index in [2.05, 4.69) is 10.00 Å². The van der Waals surface area contributed by atoms with Crippen molar-refractivity contribution in [3.05, 3.63) is 35.1 Å². The van der Waals surface area contributed by atoms with Crippen LogP contribution in [0.1, 0.15) is 0 Å². The lowest BCUT2D eigenvalue weighted by molar-refractivity contribution is -0.140. The van der Waals surface area contributed by atoms with E-state index in [1.807, 2.05) is 46.6 Å². The number of methoxy groups -OCH3 is 1. The monoisotopic (exact) mass is 364 g/mol. The lowest BCUT2D eigenvalue weighted by Crippen LogP contribution is -2.42. The average molecular weight is 364 g/mol. The summed E-state index contributed by atoms with van der Waals surface area (Å²) in [6, 6.07) is 9.99. The molecule has 1 aliphatic heterocycles. The van der Waals surface area contributed by atoms with Crippen LogP contribution in [-0.2, 0) is 23.2 Å². The van der Waals surface area contributed by atoms with E-state index in [-0.39, 0.29) is 11.2 Å². The van der Waals surface area contributed by atoms with Gasteiger partial charge in [0.25, 0.3) is 0 Å².